The molecule has 2 aliphatic rings. The van der Waals surface area contributed by atoms with Gasteiger partial charge in [0, 0.05) is 56.0 Å². The number of H-pyrrole nitrogens is 1. The van der Waals surface area contributed by atoms with E-state index in [1.807, 2.05) is 50.4 Å². The van der Waals surface area contributed by atoms with E-state index in [-0.39, 0.29) is 18.1 Å². The molecule has 206 valence electrons. The van der Waals surface area contributed by atoms with Crippen LogP contribution < -0.4 is 21.2 Å². The summed E-state index contributed by atoms with van der Waals surface area (Å²) in [5.41, 5.74) is 1.85. The largest absolute Gasteiger partial charge is 0.380 e. The van der Waals surface area contributed by atoms with Gasteiger partial charge in [0.2, 0.25) is 0 Å². The first-order chi connectivity index (χ1) is 18.5. The number of aromatic nitrogens is 2. The molecule has 2 aromatic rings. The van der Waals surface area contributed by atoms with Gasteiger partial charge in [-0.05, 0) is 51.6 Å². The van der Waals surface area contributed by atoms with Crippen LogP contribution in [0.4, 0.5) is 5.69 Å². The Kier molecular flexibility index (Phi) is 10.2. The van der Waals surface area contributed by atoms with Gasteiger partial charge in [0.15, 0.2) is 0 Å². The van der Waals surface area contributed by atoms with E-state index in [9.17, 15) is 10.2 Å². The summed E-state index contributed by atoms with van der Waals surface area (Å²) in [4.78, 5) is 18.9. The molecule has 0 bridgehead atoms. The highest BCUT2D eigenvalue weighted by Gasteiger charge is 2.38. The molecule has 0 saturated carbocycles. The first kappa shape index (κ1) is 28.1. The van der Waals surface area contributed by atoms with Crippen molar-refractivity contribution in [2.24, 2.45) is 15.9 Å². The third-order valence-electron chi connectivity index (χ3n) is 7.16. The highest BCUT2D eigenvalue weighted by Crippen LogP contribution is 2.35. The molecule has 5 N–H and O–H groups in total. The Morgan fingerprint density at radius 1 is 1.39 bits per heavy atom. The van der Waals surface area contributed by atoms with Crippen molar-refractivity contribution in [3.8, 4) is 0 Å². The molecule has 38 heavy (non-hydrogen) atoms. The quantitative estimate of drug-likeness (QED) is 0.109. The number of anilines is 1. The Hall–Kier alpha value is -2.89. The van der Waals surface area contributed by atoms with E-state index in [1.165, 1.54) is 0 Å². The van der Waals surface area contributed by atoms with Crippen molar-refractivity contribution in [2.45, 2.75) is 57.8 Å². The minimum atomic E-state index is -0.924. The second-order valence-electron chi connectivity index (χ2n) is 9.79. The molecule has 3 heterocycles. The number of aliphatic hydroxyl groups is 2. The molecule has 5 atom stereocenters. The molecule has 10 heteroatoms. The van der Waals surface area contributed by atoms with Gasteiger partial charge in [-0.2, -0.15) is 0 Å². The summed E-state index contributed by atoms with van der Waals surface area (Å²) in [6.45, 7) is 11.5. The van der Waals surface area contributed by atoms with Gasteiger partial charge >= 0.3 is 0 Å². The van der Waals surface area contributed by atoms with E-state index >= 15 is 0 Å². The number of benzene rings is 1. The summed E-state index contributed by atoms with van der Waals surface area (Å²) >= 11 is 0. The molecule has 1 fully saturated rings. The summed E-state index contributed by atoms with van der Waals surface area (Å²) in [5.74, 6) is 0.537. The molecule has 0 spiro atoms. The smallest absolute Gasteiger partial charge is 0.149 e. The molecule has 4 rings (SSSR count). The van der Waals surface area contributed by atoms with Crippen LogP contribution in [0.3, 0.4) is 0 Å². The van der Waals surface area contributed by atoms with Crippen LogP contribution in [0.2, 0.25) is 0 Å². The number of fused-ring (bicyclic) bond motifs is 1. The maximum absolute atomic E-state index is 11.5. The highest BCUT2D eigenvalue weighted by molar-refractivity contribution is 5.51. The first-order valence-electron chi connectivity index (χ1n) is 13.5. The molecule has 1 aromatic carbocycles. The molecular weight excluding hydrogens is 482 g/mol. The fraction of sp³-hybridized carbons (Fsp3) is 0.536. The highest BCUT2D eigenvalue weighted by atomic mass is 16.5. The van der Waals surface area contributed by atoms with Crippen LogP contribution >= 0.6 is 0 Å². The maximum Gasteiger partial charge on any atom is 0.149 e. The number of aliphatic imine (C=N–C) groups is 1. The van der Waals surface area contributed by atoms with Crippen molar-refractivity contribution >= 4 is 18.0 Å². The average molecular weight is 524 g/mol. The predicted molar refractivity (Wildman–Crippen MR) is 149 cm³/mol. The van der Waals surface area contributed by atoms with Crippen LogP contribution in [0.1, 0.15) is 45.0 Å². The van der Waals surface area contributed by atoms with Crippen LogP contribution in [-0.2, 0) is 4.74 Å². The van der Waals surface area contributed by atoms with Crippen LogP contribution in [0.25, 0.3) is 5.57 Å². The number of imidazole rings is 1. The summed E-state index contributed by atoms with van der Waals surface area (Å²) in [7, 11) is 0. The number of hydrogen-bond acceptors (Lipinski definition) is 9. The monoisotopic (exact) mass is 523 g/mol. The Morgan fingerprint density at radius 3 is 3.03 bits per heavy atom. The van der Waals surface area contributed by atoms with Crippen molar-refractivity contribution in [3.05, 3.63) is 59.1 Å². The number of hydrogen-bond donors (Lipinski definition) is 5. The van der Waals surface area contributed by atoms with Crippen molar-refractivity contribution in [1.29, 1.82) is 0 Å². The molecule has 1 saturated heterocycles. The van der Waals surface area contributed by atoms with Crippen LogP contribution in [-0.4, -0.2) is 83.3 Å². The predicted octanol–water partition coefficient (Wildman–Crippen LogP) is 1.31. The lowest BCUT2D eigenvalue weighted by Crippen LogP contribution is -2.45. The fourth-order valence-electron chi connectivity index (χ4n) is 5.31. The molecular formula is C28H41N7O3. The second-order valence-corrected chi connectivity index (χ2v) is 9.79. The molecule has 2 aliphatic heterocycles. The van der Waals surface area contributed by atoms with Gasteiger partial charge in [-0.3, -0.25) is 14.9 Å². The lowest BCUT2D eigenvalue weighted by atomic mass is 10.00. The second kappa shape index (κ2) is 13.8. The van der Waals surface area contributed by atoms with Crippen LogP contribution in [0, 0.1) is 5.92 Å². The third kappa shape index (κ3) is 6.95. The standard InChI is InChI=1S/C28H41N7O3/c1-4-38-16-14-30-11-5-7-21(27(29-3)35-15-6-8-24(35)26-31-12-13-32-26)28(37)33-20-9-10-23-22(18-20)19(2)17-25(36)34-23/h5,7,9-10,12-13,18,21,24-25,27-28,30,33,36-37H,3-4,6,8,11,14-17H2,1-2H3,(H,31,32)/b7-5+. The lowest BCUT2D eigenvalue weighted by Gasteiger charge is -2.36. The number of rotatable bonds is 14. The van der Waals surface area contributed by atoms with Gasteiger partial charge in [-0.1, -0.05) is 17.7 Å². The molecule has 1 aromatic heterocycles. The Balaban J connectivity index is 1.55. The summed E-state index contributed by atoms with van der Waals surface area (Å²) in [6.07, 6.45) is 8.16. The van der Waals surface area contributed by atoms with Crippen LogP contribution in [0.5, 0.6) is 0 Å². The van der Waals surface area contributed by atoms with Gasteiger partial charge in [-0.15, -0.1) is 0 Å². The third-order valence-corrected chi connectivity index (χ3v) is 7.16. The van der Waals surface area contributed by atoms with Gasteiger partial charge < -0.3 is 30.6 Å². The van der Waals surface area contributed by atoms with Gasteiger partial charge in [0.05, 0.1) is 23.9 Å². The zero-order valence-corrected chi connectivity index (χ0v) is 22.4. The Morgan fingerprint density at radius 2 is 2.26 bits per heavy atom. The van der Waals surface area contributed by atoms with Crippen LogP contribution in [0.15, 0.2) is 52.7 Å². The number of ether oxygens (including phenoxy) is 1. The lowest BCUT2D eigenvalue weighted by molar-refractivity contribution is 0.0705. The minimum Gasteiger partial charge on any atom is -0.380 e. The minimum absolute atomic E-state index is 0.0851. The van der Waals surface area contributed by atoms with E-state index in [0.29, 0.717) is 26.2 Å². The van der Waals surface area contributed by atoms with E-state index in [0.717, 1.165) is 53.6 Å². The number of likely N-dealkylation sites (tertiary alicyclic amines) is 1. The number of aromatic amines is 1. The normalized spacial score (nSPS) is 22.2. The zero-order valence-electron chi connectivity index (χ0n) is 22.4. The van der Waals surface area contributed by atoms with Gasteiger partial charge in [0.25, 0.3) is 0 Å². The number of nitrogens with zero attached hydrogens (tertiary/aromatic N) is 4. The molecule has 0 radical (unpaired) electrons. The van der Waals surface area contributed by atoms with Crippen molar-refractivity contribution in [2.75, 3.05) is 38.2 Å². The Bertz CT molecular complexity index is 1180. The van der Waals surface area contributed by atoms with E-state index in [4.69, 9.17) is 4.74 Å². The molecule has 10 nitrogen and oxygen atoms in total. The van der Waals surface area contributed by atoms with Crippen molar-refractivity contribution in [1.82, 2.24) is 20.2 Å². The van der Waals surface area contributed by atoms with E-state index in [2.05, 4.69) is 42.2 Å². The molecule has 5 unspecified atom stereocenters. The number of aliphatic hydroxyl groups excluding tert-OH is 2. The van der Waals surface area contributed by atoms with Crippen molar-refractivity contribution < 1.29 is 14.9 Å². The molecule has 0 aliphatic carbocycles. The first-order valence-corrected chi connectivity index (χ1v) is 13.5. The van der Waals surface area contributed by atoms with E-state index in [1.54, 1.807) is 6.20 Å². The van der Waals surface area contributed by atoms with E-state index < -0.39 is 12.5 Å². The fourth-order valence-corrected chi connectivity index (χ4v) is 5.31. The Labute approximate surface area is 224 Å². The zero-order chi connectivity index (χ0) is 26.9. The summed E-state index contributed by atoms with van der Waals surface area (Å²) in [6, 6.07) is 5.82. The van der Waals surface area contributed by atoms with Gasteiger partial charge in [-0.25, -0.2) is 4.98 Å². The van der Waals surface area contributed by atoms with Gasteiger partial charge in [0.1, 0.15) is 24.4 Å². The topological polar surface area (TPSA) is 130 Å². The summed E-state index contributed by atoms with van der Waals surface area (Å²) < 4.78 is 5.39. The molecule has 0 amide bonds. The average Bonchev–Trinajstić information content (AvgIpc) is 3.60. The SMILES string of the molecule is C=NC(C(/C=C/CNCCOCC)C(O)Nc1ccc2c(c1)=C(C)CC(O)N=2)N1CCCC1c1ncc[nH]1. The summed E-state index contributed by atoms with van der Waals surface area (Å²) in [5, 5.41) is 29.9. The maximum atomic E-state index is 11.5. The number of nitrogens with one attached hydrogen (secondary N) is 3. The van der Waals surface area contributed by atoms with Crippen molar-refractivity contribution in [3.63, 3.8) is 0 Å².